The molecule has 15 heavy (non-hydrogen) atoms. The van der Waals surface area contributed by atoms with Gasteiger partial charge >= 0.3 is 0 Å². The van der Waals surface area contributed by atoms with Gasteiger partial charge in [0.2, 0.25) is 0 Å². The van der Waals surface area contributed by atoms with Gasteiger partial charge < -0.3 is 21.9 Å². The van der Waals surface area contributed by atoms with Gasteiger partial charge in [0.25, 0.3) is 0 Å². The summed E-state index contributed by atoms with van der Waals surface area (Å²) >= 11 is 0. The molecule has 0 aromatic heterocycles. The number of anilines is 2. The van der Waals surface area contributed by atoms with Crippen molar-refractivity contribution in [3.05, 3.63) is 18.2 Å². The van der Waals surface area contributed by atoms with Crippen molar-refractivity contribution in [3.63, 3.8) is 0 Å². The number of rotatable bonds is 4. The Balaban J connectivity index is 2.80. The number of nitrogen functional groups attached to an aromatic ring is 2. The van der Waals surface area contributed by atoms with Crippen LogP contribution in [0.1, 0.15) is 20.3 Å². The monoisotopic (exact) mass is 209 g/mol. The molecular weight excluding hydrogens is 190 g/mol. The summed E-state index contributed by atoms with van der Waals surface area (Å²) in [6.07, 6.45) is 0.775. The minimum Gasteiger partial charge on any atom is -0.486 e. The third-order valence-corrected chi connectivity index (χ3v) is 2.17. The van der Waals surface area contributed by atoms with Gasteiger partial charge in [0.05, 0.1) is 5.69 Å². The van der Waals surface area contributed by atoms with Gasteiger partial charge in [-0.3, -0.25) is 0 Å². The average molecular weight is 209 g/mol. The molecule has 0 saturated heterocycles. The van der Waals surface area contributed by atoms with Crippen molar-refractivity contribution in [1.29, 1.82) is 0 Å². The molecular formula is C11H19N3O. The number of nitrogens with two attached hydrogens (primary N) is 3. The van der Waals surface area contributed by atoms with E-state index in [0.29, 0.717) is 23.7 Å². The second-order valence-electron chi connectivity index (χ2n) is 4.20. The van der Waals surface area contributed by atoms with Crippen molar-refractivity contribution in [3.8, 4) is 5.75 Å². The number of hydrogen-bond donors (Lipinski definition) is 3. The molecule has 4 heteroatoms. The van der Waals surface area contributed by atoms with Crippen molar-refractivity contribution in [2.24, 2.45) is 5.73 Å². The standard InChI is InChI=1S/C11H19N3O/c1-11(2,5-6-12)15-10-4-3-8(13)7-9(10)14/h3-4,7H,5-6,12-14H2,1-2H3. The van der Waals surface area contributed by atoms with Crippen LogP contribution in [-0.4, -0.2) is 12.1 Å². The van der Waals surface area contributed by atoms with E-state index in [2.05, 4.69) is 0 Å². The fourth-order valence-electron chi connectivity index (χ4n) is 1.36. The molecule has 0 spiro atoms. The first-order valence-electron chi connectivity index (χ1n) is 4.99. The zero-order valence-corrected chi connectivity index (χ0v) is 9.29. The van der Waals surface area contributed by atoms with Gasteiger partial charge in [-0.05, 0) is 45.0 Å². The fourth-order valence-corrected chi connectivity index (χ4v) is 1.36. The van der Waals surface area contributed by atoms with Crippen molar-refractivity contribution < 1.29 is 4.74 Å². The maximum absolute atomic E-state index is 5.79. The zero-order chi connectivity index (χ0) is 11.5. The summed E-state index contributed by atoms with van der Waals surface area (Å²) in [7, 11) is 0. The smallest absolute Gasteiger partial charge is 0.143 e. The molecule has 84 valence electrons. The van der Waals surface area contributed by atoms with Crippen molar-refractivity contribution >= 4 is 11.4 Å². The first kappa shape index (κ1) is 11.7. The molecule has 0 aliphatic rings. The van der Waals surface area contributed by atoms with Crippen LogP contribution < -0.4 is 21.9 Å². The number of hydrogen-bond acceptors (Lipinski definition) is 4. The highest BCUT2D eigenvalue weighted by Gasteiger charge is 2.19. The van der Waals surface area contributed by atoms with Gasteiger partial charge in [-0.15, -0.1) is 0 Å². The Labute approximate surface area is 90.4 Å². The first-order chi connectivity index (χ1) is 6.94. The molecule has 1 aromatic carbocycles. The number of ether oxygens (including phenoxy) is 1. The van der Waals surface area contributed by atoms with Crippen LogP contribution in [0.3, 0.4) is 0 Å². The maximum atomic E-state index is 5.79. The van der Waals surface area contributed by atoms with Gasteiger partial charge in [0.15, 0.2) is 0 Å². The highest BCUT2D eigenvalue weighted by Crippen LogP contribution is 2.28. The predicted molar refractivity (Wildman–Crippen MR) is 63.6 cm³/mol. The normalized spacial score (nSPS) is 11.4. The van der Waals surface area contributed by atoms with Crippen molar-refractivity contribution in [1.82, 2.24) is 0 Å². The Morgan fingerprint density at radius 1 is 1.27 bits per heavy atom. The van der Waals surface area contributed by atoms with E-state index < -0.39 is 0 Å². The Bertz CT molecular complexity index is 337. The van der Waals surface area contributed by atoms with Crippen LogP contribution in [0.15, 0.2) is 18.2 Å². The van der Waals surface area contributed by atoms with Crippen molar-refractivity contribution in [2.75, 3.05) is 18.0 Å². The minimum absolute atomic E-state index is 0.307. The van der Waals surface area contributed by atoms with Crippen molar-refractivity contribution in [2.45, 2.75) is 25.9 Å². The van der Waals surface area contributed by atoms with Crippen LogP contribution in [0, 0.1) is 0 Å². The molecule has 0 atom stereocenters. The second kappa shape index (κ2) is 4.40. The van der Waals surface area contributed by atoms with E-state index in [9.17, 15) is 0 Å². The molecule has 0 radical (unpaired) electrons. The van der Waals surface area contributed by atoms with Crippen LogP contribution in [0.2, 0.25) is 0 Å². The topological polar surface area (TPSA) is 87.3 Å². The van der Waals surface area contributed by atoms with Crippen LogP contribution in [0.4, 0.5) is 11.4 Å². The SMILES string of the molecule is CC(C)(CCN)Oc1ccc(N)cc1N. The largest absolute Gasteiger partial charge is 0.486 e. The molecule has 0 unspecified atom stereocenters. The van der Waals surface area contributed by atoms with E-state index in [1.54, 1.807) is 18.2 Å². The average Bonchev–Trinajstić information content (AvgIpc) is 2.09. The van der Waals surface area contributed by atoms with Gasteiger partial charge in [-0.1, -0.05) is 0 Å². The third-order valence-electron chi connectivity index (χ3n) is 2.17. The van der Waals surface area contributed by atoms with Gasteiger partial charge in [-0.25, -0.2) is 0 Å². The fraction of sp³-hybridized carbons (Fsp3) is 0.455. The molecule has 0 saturated carbocycles. The van der Waals surface area contributed by atoms with E-state index in [0.717, 1.165) is 6.42 Å². The highest BCUT2D eigenvalue weighted by molar-refractivity contribution is 5.60. The minimum atomic E-state index is -0.307. The summed E-state index contributed by atoms with van der Waals surface area (Å²) in [4.78, 5) is 0. The lowest BCUT2D eigenvalue weighted by molar-refractivity contribution is 0.103. The first-order valence-corrected chi connectivity index (χ1v) is 4.99. The number of benzene rings is 1. The van der Waals surface area contributed by atoms with Crippen LogP contribution in [-0.2, 0) is 0 Å². The summed E-state index contributed by atoms with van der Waals surface area (Å²) in [5.74, 6) is 0.655. The van der Waals surface area contributed by atoms with E-state index in [4.69, 9.17) is 21.9 Å². The molecule has 0 aliphatic carbocycles. The highest BCUT2D eigenvalue weighted by atomic mass is 16.5. The predicted octanol–water partition coefficient (Wildman–Crippen LogP) is 1.36. The maximum Gasteiger partial charge on any atom is 0.143 e. The molecule has 0 amide bonds. The summed E-state index contributed by atoms with van der Waals surface area (Å²) < 4.78 is 5.77. The Kier molecular flexibility index (Phi) is 3.42. The van der Waals surface area contributed by atoms with Gasteiger partial charge in [0, 0.05) is 5.69 Å². The Morgan fingerprint density at radius 2 is 1.93 bits per heavy atom. The Morgan fingerprint density at radius 3 is 2.47 bits per heavy atom. The molecule has 0 fully saturated rings. The van der Waals surface area contributed by atoms with E-state index >= 15 is 0 Å². The second-order valence-corrected chi connectivity index (χ2v) is 4.20. The summed E-state index contributed by atoms with van der Waals surface area (Å²) in [5, 5.41) is 0. The molecule has 0 heterocycles. The van der Waals surface area contributed by atoms with Crippen LogP contribution in [0.25, 0.3) is 0 Å². The third kappa shape index (κ3) is 3.32. The van der Waals surface area contributed by atoms with Crippen LogP contribution >= 0.6 is 0 Å². The molecule has 0 bridgehead atoms. The Hall–Kier alpha value is -1.42. The van der Waals surface area contributed by atoms with E-state index in [-0.39, 0.29) is 5.60 Å². The molecule has 4 nitrogen and oxygen atoms in total. The summed E-state index contributed by atoms with van der Waals surface area (Å²) in [6, 6.07) is 5.24. The van der Waals surface area contributed by atoms with E-state index in [1.165, 1.54) is 0 Å². The molecule has 1 rings (SSSR count). The lowest BCUT2D eigenvalue weighted by atomic mass is 10.1. The van der Waals surface area contributed by atoms with Gasteiger partial charge in [-0.2, -0.15) is 0 Å². The molecule has 1 aromatic rings. The lowest BCUT2D eigenvalue weighted by Crippen LogP contribution is -2.31. The quantitative estimate of drug-likeness (QED) is 0.653. The van der Waals surface area contributed by atoms with E-state index in [1.807, 2.05) is 13.8 Å². The summed E-state index contributed by atoms with van der Waals surface area (Å²) in [5.41, 5.74) is 17.8. The summed E-state index contributed by atoms with van der Waals surface area (Å²) in [6.45, 7) is 4.55. The lowest BCUT2D eigenvalue weighted by Gasteiger charge is -2.26. The molecule has 0 aliphatic heterocycles. The van der Waals surface area contributed by atoms with Crippen LogP contribution in [0.5, 0.6) is 5.75 Å². The molecule has 6 N–H and O–H groups in total. The van der Waals surface area contributed by atoms with Gasteiger partial charge in [0.1, 0.15) is 11.4 Å². The zero-order valence-electron chi connectivity index (χ0n) is 9.29.